The number of benzene rings is 2. The minimum absolute atomic E-state index is 0.301. The molecule has 4 aromatic rings. The Morgan fingerprint density at radius 1 is 0.870 bits per heavy atom. The molecule has 4 nitrogen and oxygen atoms in total. The maximum absolute atomic E-state index is 14.3. The Bertz CT molecular complexity index is 1050. The lowest BCUT2D eigenvalue weighted by molar-refractivity contribution is 0.640. The number of rotatable bonds is 2. The highest BCUT2D eigenvalue weighted by atomic mass is 19.1. The first-order valence-corrected chi connectivity index (χ1v) is 7.13. The van der Waals surface area contributed by atoms with Crippen LogP contribution in [0, 0.1) is 5.82 Å². The Labute approximate surface area is 130 Å². The zero-order valence-electron chi connectivity index (χ0n) is 12.0. The number of fused-ring (bicyclic) bond motifs is 1. The molecule has 0 unspecified atom stereocenters. The number of pyridine rings is 1. The molecule has 0 aliphatic rings. The van der Waals surface area contributed by atoms with Gasteiger partial charge in [-0.25, -0.2) is 9.37 Å². The molecule has 5 heteroatoms. The second kappa shape index (κ2) is 5.21. The van der Waals surface area contributed by atoms with Crippen LogP contribution in [-0.4, -0.2) is 15.0 Å². The van der Waals surface area contributed by atoms with Crippen LogP contribution in [0.25, 0.3) is 33.3 Å². The molecule has 0 spiro atoms. The first kappa shape index (κ1) is 13.5. The predicted octanol–water partition coefficient (Wildman–Crippen LogP) is 3.72. The average molecular weight is 305 g/mol. The molecular formula is C18H12FN3O. The van der Waals surface area contributed by atoms with E-state index in [1.807, 2.05) is 24.3 Å². The molecule has 4 rings (SSSR count). The minimum atomic E-state index is -0.410. The molecule has 0 saturated heterocycles. The Morgan fingerprint density at radius 3 is 2.57 bits per heavy atom. The van der Waals surface area contributed by atoms with Crippen molar-refractivity contribution in [3.05, 3.63) is 77.2 Å². The second-order valence-electron chi connectivity index (χ2n) is 5.24. The fourth-order valence-corrected chi connectivity index (χ4v) is 2.69. The Hall–Kier alpha value is -3.21. The van der Waals surface area contributed by atoms with E-state index in [0.717, 1.165) is 17.0 Å². The zero-order valence-corrected chi connectivity index (χ0v) is 12.0. The van der Waals surface area contributed by atoms with Crippen LogP contribution in [0.1, 0.15) is 0 Å². The van der Waals surface area contributed by atoms with Crippen LogP contribution in [0.5, 0.6) is 0 Å². The van der Waals surface area contributed by atoms with Crippen LogP contribution < -0.4 is 5.56 Å². The summed E-state index contributed by atoms with van der Waals surface area (Å²) in [6, 6.07) is 12.3. The SMILES string of the molecule is O=c1[nH]ccc2c(F)cc(-c3cccc(-c4ncc[nH]4)c3)cc12. The van der Waals surface area contributed by atoms with E-state index in [0.29, 0.717) is 16.3 Å². The third kappa shape index (κ3) is 2.32. The molecule has 0 saturated carbocycles. The number of imidazole rings is 1. The van der Waals surface area contributed by atoms with E-state index in [1.54, 1.807) is 24.5 Å². The van der Waals surface area contributed by atoms with E-state index in [-0.39, 0.29) is 5.56 Å². The van der Waals surface area contributed by atoms with Crippen LogP contribution >= 0.6 is 0 Å². The highest BCUT2D eigenvalue weighted by Crippen LogP contribution is 2.28. The number of nitrogens with one attached hydrogen (secondary N) is 2. The molecule has 2 aromatic carbocycles. The van der Waals surface area contributed by atoms with Crippen LogP contribution in [0.3, 0.4) is 0 Å². The first-order chi connectivity index (χ1) is 11.2. The monoisotopic (exact) mass is 305 g/mol. The highest BCUT2D eigenvalue weighted by molar-refractivity contribution is 5.87. The van der Waals surface area contributed by atoms with Gasteiger partial charge in [0.2, 0.25) is 0 Å². The largest absolute Gasteiger partial charge is 0.345 e. The number of aromatic amines is 2. The maximum Gasteiger partial charge on any atom is 0.255 e. The molecule has 0 aliphatic heterocycles. The summed E-state index contributed by atoms with van der Waals surface area (Å²) in [5, 5.41) is 0.658. The number of nitrogens with zero attached hydrogens (tertiary/aromatic N) is 1. The van der Waals surface area contributed by atoms with Gasteiger partial charge in [0.05, 0.1) is 5.39 Å². The van der Waals surface area contributed by atoms with Crippen molar-refractivity contribution in [2.45, 2.75) is 0 Å². The number of H-pyrrole nitrogens is 2. The number of halogens is 1. The van der Waals surface area contributed by atoms with Gasteiger partial charge in [-0.05, 0) is 35.4 Å². The van der Waals surface area contributed by atoms with E-state index in [9.17, 15) is 9.18 Å². The van der Waals surface area contributed by atoms with E-state index >= 15 is 0 Å². The van der Waals surface area contributed by atoms with Gasteiger partial charge in [0, 0.05) is 29.5 Å². The van der Waals surface area contributed by atoms with Gasteiger partial charge in [0.1, 0.15) is 11.6 Å². The lowest BCUT2D eigenvalue weighted by Crippen LogP contribution is -2.05. The minimum Gasteiger partial charge on any atom is -0.345 e. The normalized spacial score (nSPS) is 11.0. The van der Waals surface area contributed by atoms with Crippen molar-refractivity contribution < 1.29 is 4.39 Å². The van der Waals surface area contributed by atoms with Crippen LogP contribution in [0.15, 0.2) is 65.8 Å². The van der Waals surface area contributed by atoms with Crippen LogP contribution in [0.4, 0.5) is 4.39 Å². The summed E-state index contributed by atoms with van der Waals surface area (Å²) in [5.74, 6) is 0.331. The van der Waals surface area contributed by atoms with Crippen molar-refractivity contribution in [2.75, 3.05) is 0 Å². The molecule has 0 radical (unpaired) electrons. The molecule has 2 aromatic heterocycles. The third-order valence-corrected chi connectivity index (χ3v) is 3.81. The molecule has 2 heterocycles. The lowest BCUT2D eigenvalue weighted by atomic mass is 10.00. The van der Waals surface area contributed by atoms with E-state index in [4.69, 9.17) is 0 Å². The standard InChI is InChI=1S/C18H12FN3O/c19-16-10-13(9-15-14(16)4-5-22-18(15)23)11-2-1-3-12(8-11)17-20-6-7-21-17/h1-10H,(H,20,21)(H,22,23). The highest BCUT2D eigenvalue weighted by Gasteiger charge is 2.09. The number of hydrogen-bond acceptors (Lipinski definition) is 2. The number of hydrogen-bond donors (Lipinski definition) is 2. The topological polar surface area (TPSA) is 61.5 Å². The van der Waals surface area contributed by atoms with Gasteiger partial charge in [0.25, 0.3) is 5.56 Å². The molecule has 0 atom stereocenters. The smallest absolute Gasteiger partial charge is 0.255 e. The van der Waals surface area contributed by atoms with Crippen molar-refractivity contribution in [1.29, 1.82) is 0 Å². The Kier molecular flexibility index (Phi) is 3.05. The summed E-state index contributed by atoms with van der Waals surface area (Å²) in [4.78, 5) is 21.8. The molecule has 0 amide bonds. The molecule has 112 valence electrons. The summed E-state index contributed by atoms with van der Waals surface area (Å²) in [7, 11) is 0. The lowest BCUT2D eigenvalue weighted by Gasteiger charge is -2.07. The molecule has 0 fully saturated rings. The van der Waals surface area contributed by atoms with Gasteiger partial charge < -0.3 is 9.97 Å². The molecule has 0 aliphatic carbocycles. The maximum atomic E-state index is 14.3. The fraction of sp³-hybridized carbons (Fsp3) is 0. The molecule has 23 heavy (non-hydrogen) atoms. The van der Waals surface area contributed by atoms with Gasteiger partial charge >= 0.3 is 0 Å². The van der Waals surface area contributed by atoms with Crippen molar-refractivity contribution in [3.8, 4) is 22.5 Å². The van der Waals surface area contributed by atoms with Gasteiger partial charge in [-0.1, -0.05) is 18.2 Å². The Balaban J connectivity index is 1.91. The van der Waals surface area contributed by atoms with Crippen molar-refractivity contribution >= 4 is 10.8 Å². The molecular weight excluding hydrogens is 293 g/mol. The van der Waals surface area contributed by atoms with Gasteiger partial charge in [-0.3, -0.25) is 4.79 Å². The average Bonchev–Trinajstić information content (AvgIpc) is 3.10. The van der Waals surface area contributed by atoms with Crippen molar-refractivity contribution in [1.82, 2.24) is 15.0 Å². The van der Waals surface area contributed by atoms with E-state index in [1.165, 1.54) is 12.3 Å². The third-order valence-electron chi connectivity index (χ3n) is 3.81. The molecule has 0 bridgehead atoms. The van der Waals surface area contributed by atoms with Gasteiger partial charge in [0.15, 0.2) is 0 Å². The quantitative estimate of drug-likeness (QED) is 0.593. The van der Waals surface area contributed by atoms with Crippen molar-refractivity contribution in [3.63, 3.8) is 0 Å². The van der Waals surface area contributed by atoms with E-state index < -0.39 is 5.82 Å². The van der Waals surface area contributed by atoms with Gasteiger partial charge in [-0.2, -0.15) is 0 Å². The van der Waals surface area contributed by atoms with Crippen molar-refractivity contribution in [2.24, 2.45) is 0 Å². The van der Waals surface area contributed by atoms with Gasteiger partial charge in [-0.15, -0.1) is 0 Å². The summed E-state index contributed by atoms with van der Waals surface area (Å²) in [6.07, 6.45) is 4.87. The predicted molar refractivity (Wildman–Crippen MR) is 87.5 cm³/mol. The summed E-state index contributed by atoms with van der Waals surface area (Å²) < 4.78 is 14.3. The second-order valence-corrected chi connectivity index (χ2v) is 5.24. The molecule has 2 N–H and O–H groups in total. The summed E-state index contributed by atoms with van der Waals surface area (Å²) in [6.45, 7) is 0. The first-order valence-electron chi connectivity index (χ1n) is 7.13. The van der Waals surface area contributed by atoms with E-state index in [2.05, 4.69) is 15.0 Å². The Morgan fingerprint density at radius 2 is 1.74 bits per heavy atom. The summed E-state index contributed by atoms with van der Waals surface area (Å²) >= 11 is 0. The number of aromatic nitrogens is 3. The van der Waals surface area contributed by atoms with Crippen LogP contribution in [0.2, 0.25) is 0 Å². The summed E-state index contributed by atoms with van der Waals surface area (Å²) in [5.41, 5.74) is 2.07. The fourth-order valence-electron chi connectivity index (χ4n) is 2.69. The van der Waals surface area contributed by atoms with Crippen LogP contribution in [-0.2, 0) is 0 Å². The zero-order chi connectivity index (χ0) is 15.8.